The quantitative estimate of drug-likeness (QED) is 0.579. The van der Waals surface area contributed by atoms with Gasteiger partial charge in [-0.05, 0) is 47.6 Å². The Hall–Kier alpha value is -2.97. The zero-order valence-corrected chi connectivity index (χ0v) is 16.7. The Morgan fingerprint density at radius 2 is 1.86 bits per heavy atom. The number of carboxylic acids is 1. The number of hydrogen-bond acceptors (Lipinski definition) is 5. The number of nitrogens with two attached hydrogens (primary N) is 1. The number of oxazole rings is 1. The van der Waals surface area contributed by atoms with Crippen LogP contribution in [0.2, 0.25) is 0 Å². The number of primary sulfonamides is 1. The predicted octanol–water partition coefficient (Wildman–Crippen LogP) is 3.74. The molecule has 3 aromatic rings. The zero-order chi connectivity index (χ0) is 21.0. The van der Waals surface area contributed by atoms with Gasteiger partial charge in [-0.25, -0.2) is 18.5 Å². The second kappa shape index (κ2) is 8.59. The van der Waals surface area contributed by atoms with Gasteiger partial charge in [0.25, 0.3) is 0 Å². The van der Waals surface area contributed by atoms with Crippen molar-refractivity contribution in [1.29, 1.82) is 0 Å². The lowest BCUT2D eigenvalue weighted by Crippen LogP contribution is -2.16. The van der Waals surface area contributed by atoms with Gasteiger partial charge < -0.3 is 9.52 Å². The second-order valence-electron chi connectivity index (χ2n) is 6.76. The van der Waals surface area contributed by atoms with Crippen molar-refractivity contribution in [2.75, 3.05) is 0 Å². The molecule has 0 aliphatic rings. The van der Waals surface area contributed by atoms with Crippen LogP contribution in [-0.2, 0) is 14.8 Å². The zero-order valence-electron chi connectivity index (χ0n) is 15.9. The van der Waals surface area contributed by atoms with Crippen molar-refractivity contribution in [3.63, 3.8) is 0 Å². The number of nitrogens with zero attached hydrogens (tertiary/aromatic N) is 1. The molecule has 0 saturated heterocycles. The SMILES string of the molecule is CCC(CC(C(=O)O)c1ncco1)c1ccccc1-c1ccc(S(N)(=O)=O)cc1. The minimum Gasteiger partial charge on any atom is -0.481 e. The highest BCUT2D eigenvalue weighted by Gasteiger charge is 2.29. The number of carbonyl (C=O) groups is 1. The fourth-order valence-corrected chi connectivity index (χ4v) is 3.97. The van der Waals surface area contributed by atoms with E-state index in [1.807, 2.05) is 31.2 Å². The van der Waals surface area contributed by atoms with Crippen molar-refractivity contribution in [3.05, 3.63) is 72.4 Å². The molecule has 0 saturated carbocycles. The van der Waals surface area contributed by atoms with Gasteiger partial charge in [0.2, 0.25) is 15.9 Å². The Morgan fingerprint density at radius 3 is 2.41 bits per heavy atom. The van der Waals surface area contributed by atoms with Gasteiger partial charge in [-0.2, -0.15) is 0 Å². The van der Waals surface area contributed by atoms with Crippen molar-refractivity contribution in [2.45, 2.75) is 36.5 Å². The fraction of sp³-hybridized carbons (Fsp3) is 0.238. The molecule has 29 heavy (non-hydrogen) atoms. The summed E-state index contributed by atoms with van der Waals surface area (Å²) in [6.07, 6.45) is 3.86. The summed E-state index contributed by atoms with van der Waals surface area (Å²) < 4.78 is 28.3. The summed E-state index contributed by atoms with van der Waals surface area (Å²) in [4.78, 5) is 15.9. The number of rotatable bonds is 8. The van der Waals surface area contributed by atoms with Gasteiger partial charge in [-0.1, -0.05) is 43.3 Å². The molecule has 0 spiro atoms. The molecule has 1 aromatic heterocycles. The van der Waals surface area contributed by atoms with Crippen LogP contribution in [0.25, 0.3) is 11.1 Å². The molecular weight excluding hydrogens is 392 g/mol. The van der Waals surface area contributed by atoms with Crippen LogP contribution in [0.1, 0.15) is 43.1 Å². The highest BCUT2D eigenvalue weighted by atomic mass is 32.2. The van der Waals surface area contributed by atoms with Crippen LogP contribution in [0.5, 0.6) is 0 Å². The fourth-order valence-electron chi connectivity index (χ4n) is 3.45. The highest BCUT2D eigenvalue weighted by molar-refractivity contribution is 7.89. The Balaban J connectivity index is 1.97. The highest BCUT2D eigenvalue weighted by Crippen LogP contribution is 2.37. The number of benzene rings is 2. The molecule has 0 aliphatic heterocycles. The summed E-state index contributed by atoms with van der Waals surface area (Å²) >= 11 is 0. The lowest BCUT2D eigenvalue weighted by atomic mass is 9.83. The summed E-state index contributed by atoms with van der Waals surface area (Å²) in [6.45, 7) is 2.00. The van der Waals surface area contributed by atoms with Crippen LogP contribution >= 0.6 is 0 Å². The van der Waals surface area contributed by atoms with E-state index in [0.29, 0.717) is 6.42 Å². The second-order valence-corrected chi connectivity index (χ2v) is 8.32. The molecule has 0 radical (unpaired) electrons. The predicted molar refractivity (Wildman–Crippen MR) is 108 cm³/mol. The van der Waals surface area contributed by atoms with Gasteiger partial charge in [-0.15, -0.1) is 0 Å². The molecule has 2 unspecified atom stereocenters. The lowest BCUT2D eigenvalue weighted by Gasteiger charge is -2.22. The van der Waals surface area contributed by atoms with Gasteiger partial charge in [0.15, 0.2) is 0 Å². The maximum Gasteiger partial charge on any atom is 0.315 e. The number of aromatic nitrogens is 1. The molecule has 0 fully saturated rings. The molecule has 2 aromatic carbocycles. The molecule has 0 bridgehead atoms. The van der Waals surface area contributed by atoms with E-state index in [9.17, 15) is 18.3 Å². The lowest BCUT2D eigenvalue weighted by molar-refractivity contribution is -0.139. The van der Waals surface area contributed by atoms with Gasteiger partial charge in [-0.3, -0.25) is 4.79 Å². The normalized spacial score (nSPS) is 13.7. The van der Waals surface area contributed by atoms with Crippen molar-refractivity contribution < 1.29 is 22.7 Å². The molecule has 7 nitrogen and oxygen atoms in total. The van der Waals surface area contributed by atoms with Crippen LogP contribution in [-0.4, -0.2) is 24.5 Å². The van der Waals surface area contributed by atoms with E-state index in [4.69, 9.17) is 9.56 Å². The van der Waals surface area contributed by atoms with Crippen molar-refractivity contribution in [1.82, 2.24) is 4.98 Å². The van der Waals surface area contributed by atoms with E-state index in [-0.39, 0.29) is 16.7 Å². The first kappa shape index (κ1) is 20.8. The smallest absolute Gasteiger partial charge is 0.315 e. The van der Waals surface area contributed by atoms with E-state index in [2.05, 4.69) is 4.98 Å². The topological polar surface area (TPSA) is 123 Å². The third kappa shape index (κ3) is 4.72. The molecule has 8 heteroatoms. The van der Waals surface area contributed by atoms with Crippen LogP contribution in [0, 0.1) is 0 Å². The number of aliphatic carboxylic acids is 1. The summed E-state index contributed by atoms with van der Waals surface area (Å²) in [5.74, 6) is -1.71. The van der Waals surface area contributed by atoms with Crippen LogP contribution in [0.3, 0.4) is 0 Å². The third-order valence-electron chi connectivity index (χ3n) is 4.96. The van der Waals surface area contributed by atoms with E-state index in [1.165, 1.54) is 24.6 Å². The Kier molecular flexibility index (Phi) is 6.14. The molecular formula is C21H22N2O5S. The van der Waals surface area contributed by atoms with E-state index in [0.717, 1.165) is 23.1 Å². The third-order valence-corrected chi connectivity index (χ3v) is 5.88. The van der Waals surface area contributed by atoms with Crippen molar-refractivity contribution in [3.8, 4) is 11.1 Å². The first-order valence-electron chi connectivity index (χ1n) is 9.15. The maximum absolute atomic E-state index is 11.8. The molecule has 0 amide bonds. The standard InChI is InChI=1S/C21H22N2O5S/c1-2-14(13-19(21(24)25)20-23-11-12-28-20)17-5-3-4-6-18(17)15-7-9-16(10-8-15)29(22,26)27/h3-12,14,19H,2,13H2,1H3,(H,24,25)(H2,22,26,27). The van der Waals surface area contributed by atoms with Crippen molar-refractivity contribution >= 4 is 16.0 Å². The number of sulfonamides is 1. The number of hydrogen-bond donors (Lipinski definition) is 2. The van der Waals surface area contributed by atoms with Gasteiger partial charge in [0.1, 0.15) is 12.2 Å². The molecule has 3 rings (SSSR count). The average molecular weight is 414 g/mol. The summed E-state index contributed by atoms with van der Waals surface area (Å²) in [6, 6.07) is 14.0. The largest absolute Gasteiger partial charge is 0.481 e. The molecule has 1 heterocycles. The minimum atomic E-state index is -3.77. The first-order chi connectivity index (χ1) is 13.8. The summed E-state index contributed by atoms with van der Waals surface area (Å²) in [5, 5.41) is 14.8. The van der Waals surface area contributed by atoms with Gasteiger partial charge in [0.05, 0.1) is 11.1 Å². The van der Waals surface area contributed by atoms with E-state index in [1.54, 1.807) is 12.1 Å². The van der Waals surface area contributed by atoms with Crippen LogP contribution in [0.15, 0.2) is 70.3 Å². The molecule has 2 atom stereocenters. The molecule has 0 aliphatic carbocycles. The molecule has 3 N–H and O–H groups in total. The van der Waals surface area contributed by atoms with Crippen LogP contribution < -0.4 is 5.14 Å². The molecule has 152 valence electrons. The average Bonchev–Trinajstić information content (AvgIpc) is 3.22. The van der Waals surface area contributed by atoms with Gasteiger partial charge >= 0.3 is 5.97 Å². The summed E-state index contributed by atoms with van der Waals surface area (Å²) in [5.41, 5.74) is 2.72. The van der Waals surface area contributed by atoms with E-state index < -0.39 is 21.9 Å². The monoisotopic (exact) mass is 414 g/mol. The summed E-state index contributed by atoms with van der Waals surface area (Å²) in [7, 11) is -3.77. The Bertz CT molecular complexity index is 1080. The van der Waals surface area contributed by atoms with Gasteiger partial charge in [0, 0.05) is 0 Å². The minimum absolute atomic E-state index is 0.0422. The number of carboxylic acid groups (broad SMARTS) is 1. The van der Waals surface area contributed by atoms with Crippen molar-refractivity contribution in [2.24, 2.45) is 5.14 Å². The Morgan fingerprint density at radius 1 is 1.17 bits per heavy atom. The van der Waals surface area contributed by atoms with Crippen LogP contribution in [0.4, 0.5) is 0 Å². The Labute approximate surface area is 169 Å². The van der Waals surface area contributed by atoms with E-state index >= 15 is 0 Å². The first-order valence-corrected chi connectivity index (χ1v) is 10.7. The maximum atomic E-state index is 11.8.